The van der Waals surface area contributed by atoms with E-state index in [2.05, 4.69) is 5.32 Å². The quantitative estimate of drug-likeness (QED) is 0.357. The van der Waals surface area contributed by atoms with Gasteiger partial charge in [-0.1, -0.05) is 72.1 Å². The lowest BCUT2D eigenvalue weighted by Gasteiger charge is -2.32. The number of sulfonamides is 1. The average Bonchev–Trinajstić information content (AvgIpc) is 2.90. The number of aryl methyl sites for hydroxylation is 2. The second-order valence-electron chi connectivity index (χ2n) is 9.24. The third kappa shape index (κ3) is 7.14. The molecule has 9 heteroatoms. The van der Waals surface area contributed by atoms with Crippen LogP contribution < -0.4 is 9.62 Å². The Morgan fingerprint density at radius 3 is 2.08 bits per heavy atom. The zero-order chi connectivity index (χ0) is 27.9. The minimum Gasteiger partial charge on any atom is -0.354 e. The van der Waals surface area contributed by atoms with Crippen LogP contribution in [0.4, 0.5) is 5.69 Å². The van der Waals surface area contributed by atoms with E-state index in [0.29, 0.717) is 22.8 Å². The van der Waals surface area contributed by atoms with Gasteiger partial charge in [0.25, 0.3) is 10.0 Å². The molecule has 0 saturated heterocycles. The topological polar surface area (TPSA) is 86.8 Å². The van der Waals surface area contributed by atoms with Gasteiger partial charge in [0.05, 0.1) is 10.6 Å². The van der Waals surface area contributed by atoms with Crippen LogP contribution in [0.1, 0.15) is 37.0 Å². The molecule has 7 nitrogen and oxygen atoms in total. The largest absolute Gasteiger partial charge is 0.354 e. The Morgan fingerprint density at radius 2 is 1.50 bits per heavy atom. The van der Waals surface area contributed by atoms with E-state index in [4.69, 9.17) is 11.6 Å². The number of anilines is 1. The van der Waals surface area contributed by atoms with Gasteiger partial charge < -0.3 is 10.2 Å². The molecule has 3 aromatic rings. The fourth-order valence-electron chi connectivity index (χ4n) is 3.87. The monoisotopic (exact) mass is 555 g/mol. The van der Waals surface area contributed by atoms with Crippen LogP contribution in [0.5, 0.6) is 0 Å². The van der Waals surface area contributed by atoms with Gasteiger partial charge in [0, 0.05) is 18.1 Å². The molecule has 0 saturated carbocycles. The van der Waals surface area contributed by atoms with Crippen LogP contribution in [0.2, 0.25) is 5.02 Å². The molecular weight excluding hydrogens is 522 g/mol. The number of nitrogens with zero attached hydrogens (tertiary/aromatic N) is 2. The van der Waals surface area contributed by atoms with Crippen LogP contribution in [0.15, 0.2) is 77.7 Å². The van der Waals surface area contributed by atoms with Crippen molar-refractivity contribution in [2.75, 3.05) is 17.4 Å². The summed E-state index contributed by atoms with van der Waals surface area (Å²) in [6, 6.07) is 19.6. The Hall–Kier alpha value is -3.36. The Bertz CT molecular complexity index is 1360. The van der Waals surface area contributed by atoms with Crippen LogP contribution in [0, 0.1) is 13.8 Å². The second kappa shape index (κ2) is 12.9. The molecule has 0 aliphatic heterocycles. The zero-order valence-electron chi connectivity index (χ0n) is 22.1. The highest BCUT2D eigenvalue weighted by molar-refractivity contribution is 7.92. The normalized spacial score (nSPS) is 12.0. The van der Waals surface area contributed by atoms with E-state index < -0.39 is 28.5 Å². The number of nitrogens with one attached hydrogen (secondary N) is 1. The summed E-state index contributed by atoms with van der Waals surface area (Å²) in [5.41, 5.74) is 2.88. The molecule has 3 aromatic carbocycles. The van der Waals surface area contributed by atoms with Crippen molar-refractivity contribution in [3.8, 4) is 0 Å². The van der Waals surface area contributed by atoms with Crippen LogP contribution in [0.3, 0.4) is 0 Å². The Morgan fingerprint density at radius 1 is 0.921 bits per heavy atom. The summed E-state index contributed by atoms with van der Waals surface area (Å²) in [7, 11) is -4.09. The summed E-state index contributed by atoms with van der Waals surface area (Å²) in [4.78, 5) is 28.2. The maximum Gasteiger partial charge on any atom is 0.264 e. The molecule has 0 aliphatic carbocycles. The van der Waals surface area contributed by atoms with E-state index in [0.717, 1.165) is 21.9 Å². The highest BCUT2D eigenvalue weighted by atomic mass is 35.5. The number of rotatable bonds is 11. The van der Waals surface area contributed by atoms with E-state index >= 15 is 0 Å². The molecule has 0 heterocycles. The Labute approximate surface area is 230 Å². The van der Waals surface area contributed by atoms with Gasteiger partial charge in [0.15, 0.2) is 0 Å². The van der Waals surface area contributed by atoms with Crippen molar-refractivity contribution in [1.82, 2.24) is 10.2 Å². The summed E-state index contributed by atoms with van der Waals surface area (Å²) in [6.07, 6.45) is 0.743. The number of hydrogen-bond acceptors (Lipinski definition) is 4. The molecule has 1 N–H and O–H groups in total. The van der Waals surface area contributed by atoms with Crippen molar-refractivity contribution in [2.45, 2.75) is 51.6 Å². The van der Waals surface area contributed by atoms with Crippen LogP contribution in [0.25, 0.3) is 0 Å². The highest BCUT2D eigenvalue weighted by Gasteiger charge is 2.32. The molecule has 0 aliphatic rings. The van der Waals surface area contributed by atoms with Gasteiger partial charge >= 0.3 is 0 Å². The molecule has 202 valence electrons. The Balaban J connectivity index is 2.02. The van der Waals surface area contributed by atoms with Crippen LogP contribution in [-0.2, 0) is 26.2 Å². The summed E-state index contributed by atoms with van der Waals surface area (Å²) < 4.78 is 28.7. The molecule has 0 fully saturated rings. The lowest BCUT2D eigenvalue weighted by Crippen LogP contribution is -2.51. The number of hydrogen-bond donors (Lipinski definition) is 1. The van der Waals surface area contributed by atoms with E-state index in [1.807, 2.05) is 20.8 Å². The van der Waals surface area contributed by atoms with E-state index in [1.54, 1.807) is 67.6 Å². The van der Waals surface area contributed by atoms with Crippen molar-refractivity contribution in [3.05, 3.63) is 94.5 Å². The van der Waals surface area contributed by atoms with Crippen molar-refractivity contribution in [2.24, 2.45) is 0 Å². The molecule has 1 unspecified atom stereocenters. The minimum absolute atomic E-state index is 0.0472. The molecule has 0 aromatic heterocycles. The molecule has 2 amide bonds. The molecule has 0 spiro atoms. The van der Waals surface area contributed by atoms with E-state index in [1.165, 1.54) is 17.0 Å². The number of halogens is 1. The molecule has 1 atom stereocenters. The first-order valence-electron chi connectivity index (χ1n) is 12.5. The summed E-state index contributed by atoms with van der Waals surface area (Å²) in [6.45, 7) is 7.36. The van der Waals surface area contributed by atoms with Gasteiger partial charge in [-0.2, -0.15) is 0 Å². The van der Waals surface area contributed by atoms with Gasteiger partial charge in [-0.3, -0.25) is 13.9 Å². The average molecular weight is 556 g/mol. The fraction of sp³-hybridized carbons (Fsp3) is 0.310. The highest BCUT2D eigenvalue weighted by Crippen LogP contribution is 2.26. The lowest BCUT2D eigenvalue weighted by molar-refractivity contribution is -0.139. The van der Waals surface area contributed by atoms with Gasteiger partial charge in [0.2, 0.25) is 11.8 Å². The summed E-state index contributed by atoms with van der Waals surface area (Å²) in [5.74, 6) is -0.851. The standard InChI is InChI=1S/C29H34ClN3O4S/c1-5-18-31-29(35)23(4)32(19-24-8-6-7-9-27(24)30)28(34)20-33(25-14-10-21(2)11-15-25)38(36,37)26-16-12-22(3)13-17-26/h6-17,23H,5,18-20H2,1-4H3,(H,31,35). The van der Waals surface area contributed by atoms with Crippen LogP contribution >= 0.6 is 11.6 Å². The predicted octanol–water partition coefficient (Wildman–Crippen LogP) is 5.10. The number of carbonyl (C=O) groups excluding carboxylic acids is 2. The minimum atomic E-state index is -4.09. The maximum absolute atomic E-state index is 13.9. The number of benzene rings is 3. The lowest BCUT2D eigenvalue weighted by atomic mass is 10.1. The van der Waals surface area contributed by atoms with Crippen molar-refractivity contribution >= 4 is 39.1 Å². The fourth-order valence-corrected chi connectivity index (χ4v) is 5.48. The number of carbonyl (C=O) groups is 2. The van der Waals surface area contributed by atoms with Crippen LogP contribution in [-0.4, -0.2) is 44.3 Å². The third-order valence-corrected chi connectivity index (χ3v) is 8.38. The third-order valence-electron chi connectivity index (χ3n) is 6.22. The summed E-state index contributed by atoms with van der Waals surface area (Å²) >= 11 is 6.38. The molecular formula is C29H34ClN3O4S. The first kappa shape index (κ1) is 29.2. The molecule has 0 radical (unpaired) electrons. The SMILES string of the molecule is CCCNC(=O)C(C)N(Cc1ccccc1Cl)C(=O)CN(c1ccc(C)cc1)S(=O)(=O)c1ccc(C)cc1. The van der Waals surface area contributed by atoms with Gasteiger partial charge in [0.1, 0.15) is 12.6 Å². The zero-order valence-corrected chi connectivity index (χ0v) is 23.7. The van der Waals surface area contributed by atoms with Crippen molar-refractivity contribution in [3.63, 3.8) is 0 Å². The van der Waals surface area contributed by atoms with Gasteiger partial charge in [-0.25, -0.2) is 8.42 Å². The smallest absolute Gasteiger partial charge is 0.264 e. The predicted molar refractivity (Wildman–Crippen MR) is 152 cm³/mol. The molecule has 38 heavy (non-hydrogen) atoms. The molecule has 3 rings (SSSR count). The van der Waals surface area contributed by atoms with E-state index in [-0.39, 0.29) is 17.3 Å². The van der Waals surface area contributed by atoms with Crippen molar-refractivity contribution < 1.29 is 18.0 Å². The molecule has 0 bridgehead atoms. The van der Waals surface area contributed by atoms with Gasteiger partial charge in [-0.15, -0.1) is 0 Å². The van der Waals surface area contributed by atoms with Gasteiger partial charge in [-0.05, 0) is 63.1 Å². The first-order valence-corrected chi connectivity index (χ1v) is 14.3. The van der Waals surface area contributed by atoms with Crippen molar-refractivity contribution in [1.29, 1.82) is 0 Å². The summed E-state index contributed by atoms with van der Waals surface area (Å²) in [5, 5.41) is 3.28. The maximum atomic E-state index is 13.9. The van der Waals surface area contributed by atoms with E-state index in [9.17, 15) is 18.0 Å². The first-order chi connectivity index (χ1) is 18.0. The Kier molecular flexibility index (Phi) is 9.94. The second-order valence-corrected chi connectivity index (χ2v) is 11.5. The number of amides is 2.